The van der Waals surface area contributed by atoms with Gasteiger partial charge in [-0.15, -0.1) is 0 Å². The third kappa shape index (κ3) is 4.04. The molecule has 2 N–H and O–H groups in total. The molecule has 0 aromatic carbocycles. The van der Waals surface area contributed by atoms with Crippen molar-refractivity contribution >= 4 is 0 Å². The van der Waals surface area contributed by atoms with Crippen molar-refractivity contribution in [2.24, 2.45) is 5.92 Å². The number of hydrogen-bond acceptors (Lipinski definition) is 3. The molecule has 5 atom stereocenters. The van der Waals surface area contributed by atoms with Gasteiger partial charge in [-0.25, -0.2) is 0 Å². The van der Waals surface area contributed by atoms with Crippen LogP contribution in [0, 0.1) is 5.92 Å². The zero-order valence-corrected chi connectivity index (χ0v) is 12.3. The first kappa shape index (κ1) is 15.0. The van der Waals surface area contributed by atoms with Gasteiger partial charge in [0.1, 0.15) is 0 Å². The number of aliphatic hydroxyl groups excluding tert-OH is 1. The summed E-state index contributed by atoms with van der Waals surface area (Å²) in [5.74, 6) is 0.381. The first-order valence-corrected chi connectivity index (χ1v) is 7.88. The van der Waals surface area contributed by atoms with Crippen molar-refractivity contribution in [1.82, 2.24) is 5.32 Å². The lowest BCUT2D eigenvalue weighted by Gasteiger charge is -2.40. The number of rotatable bonds is 5. The Bertz CT molecular complexity index is 292. The quantitative estimate of drug-likeness (QED) is 0.752. The minimum atomic E-state index is -0.178. The molecule has 110 valence electrons. The summed E-state index contributed by atoms with van der Waals surface area (Å²) in [7, 11) is 1.80. The third-order valence-electron chi connectivity index (χ3n) is 4.78. The molecule has 0 radical (unpaired) electrons. The lowest BCUT2D eigenvalue weighted by atomic mass is 9.78. The molecule has 0 heterocycles. The molecule has 0 amide bonds. The summed E-state index contributed by atoms with van der Waals surface area (Å²) in [6.45, 7) is 2.07. The second-order valence-electron chi connectivity index (χ2n) is 6.05. The van der Waals surface area contributed by atoms with Gasteiger partial charge in [0, 0.05) is 25.1 Å². The Hall–Kier alpha value is -0.380. The molecule has 3 nitrogen and oxygen atoms in total. The molecule has 2 rings (SSSR count). The van der Waals surface area contributed by atoms with Crippen molar-refractivity contribution in [3.8, 4) is 0 Å². The topological polar surface area (TPSA) is 41.5 Å². The van der Waals surface area contributed by atoms with Gasteiger partial charge in [-0.05, 0) is 44.9 Å². The minimum Gasteiger partial charge on any atom is -0.393 e. The molecule has 0 aromatic rings. The van der Waals surface area contributed by atoms with Gasteiger partial charge in [0.25, 0.3) is 0 Å². The monoisotopic (exact) mass is 267 g/mol. The van der Waals surface area contributed by atoms with Gasteiger partial charge in [0.05, 0.1) is 12.2 Å². The van der Waals surface area contributed by atoms with E-state index < -0.39 is 0 Å². The normalized spacial score (nSPS) is 37.2. The Labute approximate surface area is 117 Å². The lowest BCUT2D eigenvalue weighted by molar-refractivity contribution is -0.00393. The van der Waals surface area contributed by atoms with Crippen molar-refractivity contribution in [3.63, 3.8) is 0 Å². The summed E-state index contributed by atoms with van der Waals surface area (Å²) < 4.78 is 5.53. The largest absolute Gasteiger partial charge is 0.393 e. The molecule has 2 aliphatic rings. The van der Waals surface area contributed by atoms with Crippen LogP contribution in [0.15, 0.2) is 12.2 Å². The number of nitrogens with one attached hydrogen (secondary N) is 1. The molecule has 0 spiro atoms. The van der Waals surface area contributed by atoms with Crippen molar-refractivity contribution in [1.29, 1.82) is 0 Å². The fraction of sp³-hybridized carbons (Fsp3) is 0.875. The molecular weight excluding hydrogens is 238 g/mol. The molecule has 1 saturated carbocycles. The van der Waals surface area contributed by atoms with Crippen molar-refractivity contribution in [2.45, 2.75) is 76.2 Å². The van der Waals surface area contributed by atoms with Crippen LogP contribution in [0.3, 0.4) is 0 Å². The number of ether oxygens (including phenoxy) is 1. The second-order valence-corrected chi connectivity index (χ2v) is 6.05. The number of methoxy groups -OCH3 is 1. The fourth-order valence-corrected chi connectivity index (χ4v) is 3.55. The van der Waals surface area contributed by atoms with E-state index in [4.69, 9.17) is 4.74 Å². The van der Waals surface area contributed by atoms with Gasteiger partial charge in [0.15, 0.2) is 0 Å². The highest BCUT2D eigenvalue weighted by Gasteiger charge is 2.35. The van der Waals surface area contributed by atoms with Crippen LogP contribution in [0.25, 0.3) is 0 Å². The number of allylic oxidation sites excluding steroid dienone is 1. The van der Waals surface area contributed by atoms with Gasteiger partial charge < -0.3 is 15.2 Å². The van der Waals surface area contributed by atoms with Gasteiger partial charge in [-0.3, -0.25) is 0 Å². The summed E-state index contributed by atoms with van der Waals surface area (Å²) in [6.07, 6.45) is 12.5. The Morgan fingerprint density at radius 3 is 2.84 bits per heavy atom. The van der Waals surface area contributed by atoms with E-state index >= 15 is 0 Å². The number of aliphatic hydroxyl groups is 1. The smallest absolute Gasteiger partial charge is 0.0586 e. The second kappa shape index (κ2) is 7.41. The number of hydrogen-bond donors (Lipinski definition) is 2. The Balaban J connectivity index is 1.97. The van der Waals surface area contributed by atoms with E-state index in [9.17, 15) is 5.11 Å². The summed E-state index contributed by atoms with van der Waals surface area (Å²) in [4.78, 5) is 0. The predicted molar refractivity (Wildman–Crippen MR) is 78.1 cm³/mol. The SMILES string of the molecule is CCC(O)C1CCC(OC)CC1NC1C=CCCC1. The predicted octanol–water partition coefficient (Wildman–Crippen LogP) is 2.64. The maximum absolute atomic E-state index is 10.2. The van der Waals surface area contributed by atoms with E-state index in [1.807, 2.05) is 0 Å². The molecule has 3 heteroatoms. The Morgan fingerprint density at radius 1 is 1.37 bits per heavy atom. The molecule has 1 fully saturated rings. The highest BCUT2D eigenvalue weighted by atomic mass is 16.5. The standard InChI is InChI=1S/C16H29NO2/c1-3-16(18)14-10-9-13(19-2)11-15(14)17-12-7-5-4-6-8-12/h5,7,12-18H,3-4,6,8-11H2,1-2H3. The van der Waals surface area contributed by atoms with Gasteiger partial charge in [-0.2, -0.15) is 0 Å². The molecule has 2 aliphatic carbocycles. The van der Waals surface area contributed by atoms with Crippen LogP contribution < -0.4 is 5.32 Å². The maximum atomic E-state index is 10.2. The Morgan fingerprint density at radius 2 is 2.21 bits per heavy atom. The van der Waals surface area contributed by atoms with Crippen LogP contribution in [0.2, 0.25) is 0 Å². The summed E-state index contributed by atoms with van der Waals surface area (Å²) in [5.41, 5.74) is 0. The van der Waals surface area contributed by atoms with Crippen LogP contribution in [0.5, 0.6) is 0 Å². The third-order valence-corrected chi connectivity index (χ3v) is 4.78. The first-order valence-electron chi connectivity index (χ1n) is 7.88. The highest BCUT2D eigenvalue weighted by Crippen LogP contribution is 2.31. The van der Waals surface area contributed by atoms with E-state index in [0.717, 1.165) is 25.7 Å². The van der Waals surface area contributed by atoms with E-state index in [0.29, 0.717) is 24.1 Å². The summed E-state index contributed by atoms with van der Waals surface area (Å²) in [5, 5.41) is 14.0. The summed E-state index contributed by atoms with van der Waals surface area (Å²) >= 11 is 0. The van der Waals surface area contributed by atoms with Crippen LogP contribution in [0.4, 0.5) is 0 Å². The zero-order chi connectivity index (χ0) is 13.7. The Kier molecular flexibility index (Phi) is 5.86. The first-order chi connectivity index (χ1) is 9.24. The van der Waals surface area contributed by atoms with E-state index in [1.165, 1.54) is 19.3 Å². The van der Waals surface area contributed by atoms with Gasteiger partial charge in [-0.1, -0.05) is 19.1 Å². The van der Waals surface area contributed by atoms with Crippen LogP contribution in [0.1, 0.15) is 51.9 Å². The van der Waals surface area contributed by atoms with Crippen LogP contribution >= 0.6 is 0 Å². The van der Waals surface area contributed by atoms with Crippen molar-refractivity contribution < 1.29 is 9.84 Å². The summed E-state index contributed by atoms with van der Waals surface area (Å²) in [6, 6.07) is 0.877. The van der Waals surface area contributed by atoms with Gasteiger partial charge >= 0.3 is 0 Å². The average molecular weight is 267 g/mol. The molecule has 0 bridgehead atoms. The van der Waals surface area contributed by atoms with E-state index in [-0.39, 0.29) is 6.10 Å². The van der Waals surface area contributed by atoms with E-state index in [2.05, 4.69) is 24.4 Å². The lowest BCUT2D eigenvalue weighted by Crippen LogP contribution is -2.50. The van der Waals surface area contributed by atoms with Crippen LogP contribution in [-0.2, 0) is 4.74 Å². The minimum absolute atomic E-state index is 0.178. The van der Waals surface area contributed by atoms with Crippen molar-refractivity contribution in [2.75, 3.05) is 7.11 Å². The van der Waals surface area contributed by atoms with Gasteiger partial charge in [0.2, 0.25) is 0 Å². The van der Waals surface area contributed by atoms with Crippen LogP contribution in [-0.4, -0.2) is 36.5 Å². The molecule has 0 aromatic heterocycles. The van der Waals surface area contributed by atoms with Crippen molar-refractivity contribution in [3.05, 3.63) is 12.2 Å². The molecular formula is C16H29NO2. The molecule has 0 saturated heterocycles. The average Bonchev–Trinajstić information content (AvgIpc) is 2.47. The maximum Gasteiger partial charge on any atom is 0.0586 e. The molecule has 5 unspecified atom stereocenters. The highest BCUT2D eigenvalue weighted by molar-refractivity contribution is 5.00. The zero-order valence-electron chi connectivity index (χ0n) is 12.3. The van der Waals surface area contributed by atoms with E-state index in [1.54, 1.807) is 7.11 Å². The molecule has 19 heavy (non-hydrogen) atoms. The fourth-order valence-electron chi connectivity index (χ4n) is 3.55. The molecule has 0 aliphatic heterocycles.